The van der Waals surface area contributed by atoms with Crippen molar-refractivity contribution in [3.63, 3.8) is 0 Å². The van der Waals surface area contributed by atoms with Gasteiger partial charge >= 0.3 is 0 Å². The molecule has 0 aliphatic carbocycles. The maximum atomic E-state index is 13.6. The lowest BCUT2D eigenvalue weighted by Crippen LogP contribution is -2.44. The Hall–Kier alpha value is -3.69. The maximum Gasteiger partial charge on any atom is 0.254 e. The summed E-state index contributed by atoms with van der Waals surface area (Å²) in [5.74, 6) is -0.115. The lowest BCUT2D eigenvalue weighted by molar-refractivity contribution is 0.0275. The topological polar surface area (TPSA) is 40.5 Å². The molecule has 3 heteroatoms. The molecule has 4 aromatic rings. The summed E-state index contributed by atoms with van der Waals surface area (Å²) < 4.78 is 0. The third-order valence-electron chi connectivity index (χ3n) is 5.72. The average molecular weight is 422 g/mol. The number of amides is 1. The van der Waals surface area contributed by atoms with Gasteiger partial charge in [0.15, 0.2) is 0 Å². The van der Waals surface area contributed by atoms with E-state index in [2.05, 4.69) is 0 Å². The minimum atomic E-state index is -1.35. The minimum absolute atomic E-state index is 0.115. The number of aryl methyl sites for hydroxylation is 1. The highest BCUT2D eigenvalue weighted by Gasteiger charge is 2.35. The third kappa shape index (κ3) is 4.79. The highest BCUT2D eigenvalue weighted by molar-refractivity contribution is 5.94. The van der Waals surface area contributed by atoms with Crippen LogP contribution in [0.5, 0.6) is 0 Å². The van der Waals surface area contributed by atoms with E-state index in [9.17, 15) is 9.90 Å². The SMILES string of the molecule is Cc1ccc([C@](O)(CN(Cc2ccccc2)C(=O)c2ccccc2)c2ccccc2)cc1. The predicted octanol–water partition coefficient (Wildman–Crippen LogP) is 5.57. The molecule has 3 nitrogen and oxygen atoms in total. The predicted molar refractivity (Wildman–Crippen MR) is 128 cm³/mol. The molecule has 0 bridgehead atoms. The summed E-state index contributed by atoms with van der Waals surface area (Å²) in [6.45, 7) is 2.55. The van der Waals surface area contributed by atoms with Crippen molar-refractivity contribution in [3.8, 4) is 0 Å². The third-order valence-corrected chi connectivity index (χ3v) is 5.72. The van der Waals surface area contributed by atoms with Crippen LogP contribution in [0.4, 0.5) is 0 Å². The highest BCUT2D eigenvalue weighted by Crippen LogP contribution is 2.32. The van der Waals surface area contributed by atoms with Crippen LogP contribution < -0.4 is 0 Å². The molecule has 0 aliphatic heterocycles. The van der Waals surface area contributed by atoms with Crippen LogP contribution in [0.25, 0.3) is 0 Å². The highest BCUT2D eigenvalue weighted by atomic mass is 16.3. The number of rotatable bonds is 7. The number of nitrogens with zero attached hydrogens (tertiary/aromatic N) is 1. The van der Waals surface area contributed by atoms with Crippen molar-refractivity contribution in [1.82, 2.24) is 4.90 Å². The molecule has 4 aromatic carbocycles. The largest absolute Gasteiger partial charge is 0.379 e. The van der Waals surface area contributed by atoms with Gasteiger partial charge in [0, 0.05) is 12.1 Å². The summed E-state index contributed by atoms with van der Waals surface area (Å²) in [5, 5.41) is 12.1. The van der Waals surface area contributed by atoms with Crippen LogP contribution in [0.1, 0.15) is 32.6 Å². The smallest absolute Gasteiger partial charge is 0.254 e. The Kier molecular flexibility index (Phi) is 6.48. The van der Waals surface area contributed by atoms with Crippen molar-refractivity contribution in [2.24, 2.45) is 0 Å². The van der Waals surface area contributed by atoms with Gasteiger partial charge in [-0.1, -0.05) is 109 Å². The molecule has 1 N–H and O–H groups in total. The first-order valence-electron chi connectivity index (χ1n) is 10.8. The Morgan fingerprint density at radius 3 is 1.81 bits per heavy atom. The first-order valence-corrected chi connectivity index (χ1v) is 10.8. The van der Waals surface area contributed by atoms with Gasteiger partial charge in [0.2, 0.25) is 0 Å². The van der Waals surface area contributed by atoms with Gasteiger partial charge in [0.05, 0.1) is 6.54 Å². The second-order valence-electron chi connectivity index (χ2n) is 8.11. The fourth-order valence-electron chi connectivity index (χ4n) is 3.94. The van der Waals surface area contributed by atoms with Crippen LogP contribution in [0.15, 0.2) is 115 Å². The molecule has 0 spiro atoms. The molecule has 0 unspecified atom stereocenters. The van der Waals surface area contributed by atoms with E-state index < -0.39 is 5.60 Å². The van der Waals surface area contributed by atoms with Crippen LogP contribution in [0, 0.1) is 6.92 Å². The maximum absolute atomic E-state index is 13.6. The number of carbonyl (C=O) groups is 1. The Labute approximate surface area is 189 Å². The van der Waals surface area contributed by atoms with E-state index in [0.717, 1.165) is 22.3 Å². The van der Waals surface area contributed by atoms with E-state index in [0.29, 0.717) is 12.1 Å². The van der Waals surface area contributed by atoms with E-state index in [1.54, 1.807) is 4.90 Å². The quantitative estimate of drug-likeness (QED) is 0.424. The van der Waals surface area contributed by atoms with Gasteiger partial charge in [-0.05, 0) is 35.7 Å². The lowest BCUT2D eigenvalue weighted by Gasteiger charge is -2.35. The summed E-state index contributed by atoms with van der Waals surface area (Å²) in [6.07, 6.45) is 0. The van der Waals surface area contributed by atoms with Gasteiger partial charge in [0.1, 0.15) is 5.60 Å². The van der Waals surface area contributed by atoms with Gasteiger partial charge in [-0.2, -0.15) is 0 Å². The van der Waals surface area contributed by atoms with Crippen LogP contribution >= 0.6 is 0 Å². The first kappa shape index (κ1) is 21.5. The van der Waals surface area contributed by atoms with E-state index in [-0.39, 0.29) is 12.5 Å². The molecular formula is C29H27NO2. The molecule has 0 saturated heterocycles. The minimum Gasteiger partial charge on any atom is -0.379 e. The van der Waals surface area contributed by atoms with Gasteiger partial charge in [0.25, 0.3) is 5.91 Å². The number of carbonyl (C=O) groups excluding carboxylic acids is 1. The van der Waals surface area contributed by atoms with E-state index >= 15 is 0 Å². The lowest BCUT2D eigenvalue weighted by atomic mass is 9.85. The van der Waals surface area contributed by atoms with Crippen molar-refractivity contribution in [1.29, 1.82) is 0 Å². The van der Waals surface area contributed by atoms with Crippen molar-refractivity contribution in [3.05, 3.63) is 143 Å². The molecule has 0 aromatic heterocycles. The van der Waals surface area contributed by atoms with Crippen molar-refractivity contribution in [2.75, 3.05) is 6.54 Å². The molecular weight excluding hydrogens is 394 g/mol. The summed E-state index contributed by atoms with van der Waals surface area (Å²) >= 11 is 0. The first-order chi connectivity index (χ1) is 15.6. The molecule has 32 heavy (non-hydrogen) atoms. The molecule has 1 atom stereocenters. The second kappa shape index (κ2) is 9.63. The fraction of sp³-hybridized carbons (Fsp3) is 0.138. The number of aliphatic hydroxyl groups is 1. The van der Waals surface area contributed by atoms with Crippen LogP contribution in [0.3, 0.4) is 0 Å². The molecule has 4 rings (SSSR count). The normalized spacial score (nSPS) is 12.7. The molecule has 0 aliphatic rings. The van der Waals surface area contributed by atoms with E-state index in [1.165, 1.54) is 0 Å². The zero-order valence-corrected chi connectivity index (χ0v) is 18.2. The van der Waals surface area contributed by atoms with Crippen molar-refractivity contribution in [2.45, 2.75) is 19.1 Å². The summed E-state index contributed by atoms with van der Waals surface area (Å²) in [7, 11) is 0. The fourth-order valence-corrected chi connectivity index (χ4v) is 3.94. The van der Waals surface area contributed by atoms with Crippen LogP contribution in [0.2, 0.25) is 0 Å². The van der Waals surface area contributed by atoms with Crippen LogP contribution in [-0.4, -0.2) is 22.5 Å². The zero-order valence-electron chi connectivity index (χ0n) is 18.2. The van der Waals surface area contributed by atoms with Crippen LogP contribution in [-0.2, 0) is 12.1 Å². The Morgan fingerprint density at radius 1 is 0.719 bits per heavy atom. The summed E-state index contributed by atoms with van der Waals surface area (Å²) in [4.78, 5) is 15.3. The zero-order chi connectivity index (χ0) is 22.4. The molecule has 0 radical (unpaired) electrons. The summed E-state index contributed by atoms with van der Waals surface area (Å²) in [6, 6.07) is 36.5. The second-order valence-corrected chi connectivity index (χ2v) is 8.11. The van der Waals surface area contributed by atoms with E-state index in [1.807, 2.05) is 122 Å². The van der Waals surface area contributed by atoms with Gasteiger partial charge in [-0.3, -0.25) is 4.79 Å². The number of hydrogen-bond donors (Lipinski definition) is 1. The molecule has 0 saturated carbocycles. The summed E-state index contributed by atoms with van der Waals surface area (Å²) in [5.41, 5.74) is 2.88. The Balaban J connectivity index is 1.77. The van der Waals surface area contributed by atoms with Gasteiger partial charge < -0.3 is 10.0 Å². The van der Waals surface area contributed by atoms with Crippen molar-refractivity contribution < 1.29 is 9.90 Å². The van der Waals surface area contributed by atoms with Gasteiger partial charge in [-0.25, -0.2) is 0 Å². The number of benzene rings is 4. The molecule has 1 amide bonds. The molecule has 0 heterocycles. The molecule has 160 valence electrons. The Morgan fingerprint density at radius 2 is 1.22 bits per heavy atom. The van der Waals surface area contributed by atoms with Crippen molar-refractivity contribution >= 4 is 5.91 Å². The standard InChI is InChI=1S/C29H27NO2/c1-23-17-19-27(20-18-23)29(32,26-15-9-4-10-16-26)22-30(21-24-11-5-2-6-12-24)28(31)25-13-7-3-8-14-25/h2-20,32H,21-22H2,1H3/t29-/m0/s1. The van der Waals surface area contributed by atoms with E-state index in [4.69, 9.17) is 0 Å². The Bertz CT molecular complexity index is 1140. The monoisotopic (exact) mass is 421 g/mol. The average Bonchev–Trinajstić information content (AvgIpc) is 2.85. The van der Waals surface area contributed by atoms with Gasteiger partial charge in [-0.15, -0.1) is 0 Å². The molecule has 0 fully saturated rings. The number of hydrogen-bond acceptors (Lipinski definition) is 2.